The van der Waals surface area contributed by atoms with Gasteiger partial charge in [-0.05, 0) is 19.3 Å². The molecule has 2 heteroatoms. The van der Waals surface area contributed by atoms with Crippen LogP contribution in [0.15, 0.2) is 0 Å². The first kappa shape index (κ1) is 8.52. The van der Waals surface area contributed by atoms with Gasteiger partial charge in [0.15, 0.2) is 0 Å². The van der Waals surface area contributed by atoms with Crippen LogP contribution in [0.3, 0.4) is 0 Å². The first-order valence-electron chi connectivity index (χ1n) is 5.19. The predicted molar refractivity (Wildman–Crippen MR) is 50.8 cm³/mol. The summed E-state index contributed by atoms with van der Waals surface area (Å²) in [7, 11) is 4.47. The second-order valence-corrected chi connectivity index (χ2v) is 4.44. The van der Waals surface area contributed by atoms with Gasteiger partial charge in [0.05, 0.1) is 0 Å². The summed E-state index contributed by atoms with van der Waals surface area (Å²) in [6.45, 7) is 1.26. The van der Waals surface area contributed by atoms with Crippen LogP contribution < -0.4 is 0 Å². The van der Waals surface area contributed by atoms with Crippen LogP contribution in [0.1, 0.15) is 38.5 Å². The molecular formula is C10H20N2. The van der Waals surface area contributed by atoms with E-state index in [0.717, 1.165) is 0 Å². The Morgan fingerprint density at radius 3 is 2.08 bits per heavy atom. The summed E-state index contributed by atoms with van der Waals surface area (Å²) in [5.41, 5.74) is 0.562. The molecule has 1 spiro atoms. The van der Waals surface area contributed by atoms with Crippen molar-refractivity contribution in [1.82, 2.24) is 10.0 Å². The van der Waals surface area contributed by atoms with Crippen LogP contribution >= 0.6 is 0 Å². The number of rotatable bonds is 0. The van der Waals surface area contributed by atoms with E-state index in [1.807, 2.05) is 0 Å². The zero-order chi connectivity index (χ0) is 8.60. The summed E-state index contributed by atoms with van der Waals surface area (Å²) in [5.74, 6) is 0. The highest BCUT2D eigenvalue weighted by Crippen LogP contribution is 2.39. The minimum atomic E-state index is 0.562. The lowest BCUT2D eigenvalue weighted by Gasteiger charge is -2.40. The predicted octanol–water partition coefficient (Wildman–Crippen LogP) is 1.87. The van der Waals surface area contributed by atoms with Crippen LogP contribution in [-0.4, -0.2) is 36.2 Å². The van der Waals surface area contributed by atoms with E-state index < -0.39 is 0 Å². The molecule has 0 aromatic rings. The highest BCUT2D eigenvalue weighted by atomic mass is 15.6. The van der Waals surface area contributed by atoms with E-state index in [0.29, 0.717) is 5.54 Å². The van der Waals surface area contributed by atoms with Crippen molar-refractivity contribution in [3.8, 4) is 0 Å². The van der Waals surface area contributed by atoms with Gasteiger partial charge in [-0.3, -0.25) is 0 Å². The highest BCUT2D eigenvalue weighted by Gasteiger charge is 2.41. The van der Waals surface area contributed by atoms with Crippen LogP contribution in [0.25, 0.3) is 0 Å². The molecule has 70 valence electrons. The van der Waals surface area contributed by atoms with E-state index in [1.165, 1.54) is 45.1 Å². The first-order chi connectivity index (χ1) is 5.75. The van der Waals surface area contributed by atoms with Gasteiger partial charge in [0.1, 0.15) is 0 Å². The van der Waals surface area contributed by atoms with Gasteiger partial charge in [0, 0.05) is 26.2 Å². The second kappa shape index (κ2) is 3.00. The van der Waals surface area contributed by atoms with Crippen LogP contribution in [0, 0.1) is 0 Å². The maximum atomic E-state index is 2.49. The van der Waals surface area contributed by atoms with Crippen LogP contribution in [0.2, 0.25) is 0 Å². The molecule has 0 atom stereocenters. The molecule has 12 heavy (non-hydrogen) atoms. The molecule has 0 aromatic carbocycles. The quantitative estimate of drug-likeness (QED) is 0.545. The fraction of sp³-hybridized carbons (Fsp3) is 1.00. The van der Waals surface area contributed by atoms with E-state index in [9.17, 15) is 0 Å². The maximum absolute atomic E-state index is 2.49. The van der Waals surface area contributed by atoms with Crippen molar-refractivity contribution in [2.45, 2.75) is 44.1 Å². The van der Waals surface area contributed by atoms with E-state index in [1.54, 1.807) is 0 Å². The third kappa shape index (κ3) is 1.17. The molecule has 0 radical (unpaired) electrons. The van der Waals surface area contributed by atoms with Crippen molar-refractivity contribution >= 4 is 0 Å². The molecule has 1 aliphatic carbocycles. The van der Waals surface area contributed by atoms with E-state index in [2.05, 4.69) is 24.1 Å². The zero-order valence-corrected chi connectivity index (χ0v) is 8.34. The molecule has 0 amide bonds. The Hall–Kier alpha value is -0.0800. The minimum absolute atomic E-state index is 0.562. The Balaban J connectivity index is 2.09. The van der Waals surface area contributed by atoms with Crippen molar-refractivity contribution in [3.63, 3.8) is 0 Å². The summed E-state index contributed by atoms with van der Waals surface area (Å²) < 4.78 is 0. The number of hydrogen-bond acceptors (Lipinski definition) is 2. The van der Waals surface area contributed by atoms with Gasteiger partial charge in [-0.15, -0.1) is 0 Å². The molecule has 2 aliphatic rings. The van der Waals surface area contributed by atoms with Gasteiger partial charge < -0.3 is 0 Å². The van der Waals surface area contributed by atoms with E-state index in [-0.39, 0.29) is 0 Å². The summed E-state index contributed by atoms with van der Waals surface area (Å²) in [6, 6.07) is 0. The standard InChI is InChI=1S/C10H20N2/c1-11-9-8-10(12(11)2)6-4-3-5-7-10/h3-9H2,1-2H3. The summed E-state index contributed by atoms with van der Waals surface area (Å²) in [6.07, 6.45) is 8.58. The normalized spacial score (nSPS) is 31.5. The fourth-order valence-electron chi connectivity index (χ4n) is 2.83. The minimum Gasteiger partial charge on any atom is -0.245 e. The van der Waals surface area contributed by atoms with Gasteiger partial charge >= 0.3 is 0 Å². The Bertz CT molecular complexity index is 156. The third-order valence-corrected chi connectivity index (χ3v) is 3.88. The molecule has 0 aromatic heterocycles. The molecule has 0 unspecified atom stereocenters. The molecule has 1 heterocycles. The van der Waals surface area contributed by atoms with Gasteiger partial charge in [-0.1, -0.05) is 19.3 Å². The summed E-state index contributed by atoms with van der Waals surface area (Å²) >= 11 is 0. The summed E-state index contributed by atoms with van der Waals surface area (Å²) in [4.78, 5) is 0. The van der Waals surface area contributed by atoms with Crippen molar-refractivity contribution < 1.29 is 0 Å². The van der Waals surface area contributed by atoms with Crippen molar-refractivity contribution in [1.29, 1.82) is 0 Å². The summed E-state index contributed by atoms with van der Waals surface area (Å²) in [5, 5.41) is 4.87. The van der Waals surface area contributed by atoms with Crippen molar-refractivity contribution in [2.75, 3.05) is 20.6 Å². The van der Waals surface area contributed by atoms with Gasteiger partial charge in [-0.25, -0.2) is 10.0 Å². The number of hydrogen-bond donors (Lipinski definition) is 0. The van der Waals surface area contributed by atoms with Crippen LogP contribution in [0.5, 0.6) is 0 Å². The molecule has 2 fully saturated rings. The fourth-order valence-corrected chi connectivity index (χ4v) is 2.83. The lowest BCUT2D eigenvalue weighted by atomic mass is 9.80. The third-order valence-electron chi connectivity index (χ3n) is 3.88. The molecule has 1 saturated heterocycles. The SMILES string of the molecule is CN1CCC2(CCCCC2)N1C. The van der Waals surface area contributed by atoms with Crippen LogP contribution in [-0.2, 0) is 0 Å². The average Bonchev–Trinajstić information content (AvgIpc) is 2.37. The van der Waals surface area contributed by atoms with Gasteiger partial charge in [0.25, 0.3) is 0 Å². The van der Waals surface area contributed by atoms with E-state index >= 15 is 0 Å². The Morgan fingerprint density at radius 2 is 1.58 bits per heavy atom. The molecule has 0 N–H and O–H groups in total. The Labute approximate surface area is 75.5 Å². The molecule has 2 rings (SSSR count). The molecule has 2 nitrogen and oxygen atoms in total. The number of hydrazine groups is 1. The molecule has 1 aliphatic heterocycles. The van der Waals surface area contributed by atoms with Gasteiger partial charge in [0.2, 0.25) is 0 Å². The molecular weight excluding hydrogens is 148 g/mol. The van der Waals surface area contributed by atoms with Gasteiger partial charge in [-0.2, -0.15) is 0 Å². The topological polar surface area (TPSA) is 6.48 Å². The van der Waals surface area contributed by atoms with E-state index in [4.69, 9.17) is 0 Å². The maximum Gasteiger partial charge on any atom is 0.0366 e. The molecule has 1 saturated carbocycles. The Kier molecular flexibility index (Phi) is 2.13. The lowest BCUT2D eigenvalue weighted by Crippen LogP contribution is -2.47. The van der Waals surface area contributed by atoms with Crippen molar-refractivity contribution in [2.24, 2.45) is 0 Å². The second-order valence-electron chi connectivity index (χ2n) is 4.44. The molecule has 0 bridgehead atoms. The zero-order valence-electron chi connectivity index (χ0n) is 8.34. The Morgan fingerprint density at radius 1 is 0.917 bits per heavy atom. The lowest BCUT2D eigenvalue weighted by molar-refractivity contribution is -0.0218. The monoisotopic (exact) mass is 168 g/mol. The van der Waals surface area contributed by atoms with Crippen LogP contribution in [0.4, 0.5) is 0 Å². The smallest absolute Gasteiger partial charge is 0.0366 e. The first-order valence-corrected chi connectivity index (χ1v) is 5.19. The average molecular weight is 168 g/mol. The highest BCUT2D eigenvalue weighted by molar-refractivity contribution is 4.94. The number of nitrogens with zero attached hydrogens (tertiary/aromatic N) is 2. The van der Waals surface area contributed by atoms with Crippen molar-refractivity contribution in [3.05, 3.63) is 0 Å². The largest absolute Gasteiger partial charge is 0.245 e.